The summed E-state index contributed by atoms with van der Waals surface area (Å²) in [5, 5.41) is 11.8. The Morgan fingerprint density at radius 3 is 2.22 bits per heavy atom. The molecule has 0 saturated carbocycles. The molecule has 0 amide bonds. The lowest BCUT2D eigenvalue weighted by molar-refractivity contribution is -0.432. The summed E-state index contributed by atoms with van der Waals surface area (Å²) in [7, 11) is 1.51. The second-order valence-corrected chi connectivity index (χ2v) is 6.10. The van der Waals surface area contributed by atoms with Crippen LogP contribution in [0.2, 0.25) is 0 Å². The molecule has 0 radical (unpaired) electrons. The van der Waals surface area contributed by atoms with Crippen LogP contribution in [0.5, 0.6) is 17.2 Å². The molecule has 0 aliphatic heterocycles. The summed E-state index contributed by atoms with van der Waals surface area (Å²) in [6, 6.07) is 21.1. The molecular weight excluding hydrogens is 368 g/mol. The van der Waals surface area contributed by atoms with E-state index in [0.29, 0.717) is 33.3 Å². The molecule has 0 saturated heterocycles. The van der Waals surface area contributed by atoms with Gasteiger partial charge >= 0.3 is 0 Å². The normalized spacial score (nSPS) is 10.4. The molecule has 7 heteroatoms. The van der Waals surface area contributed by atoms with Crippen molar-refractivity contribution >= 4 is 17.8 Å². The van der Waals surface area contributed by atoms with Gasteiger partial charge in [-0.15, -0.1) is 4.33 Å². The Balaban J connectivity index is 1.72. The first-order valence-corrected chi connectivity index (χ1v) is 8.66. The third-order valence-corrected chi connectivity index (χ3v) is 4.32. The zero-order chi connectivity index (χ0) is 19.1. The van der Waals surface area contributed by atoms with Gasteiger partial charge in [0.05, 0.1) is 24.0 Å². The molecule has 27 heavy (non-hydrogen) atoms. The second-order valence-electron chi connectivity index (χ2n) is 5.36. The number of ether oxygens (including phenoxy) is 2. The smallest absolute Gasteiger partial charge is 0.193 e. The number of carbonyl (C=O) groups is 1. The molecule has 138 valence electrons. The monoisotopic (exact) mass is 384 g/mol. The van der Waals surface area contributed by atoms with Crippen LogP contribution < -0.4 is 9.47 Å². The van der Waals surface area contributed by atoms with Crippen LogP contribution in [0.25, 0.3) is 0 Å². The van der Waals surface area contributed by atoms with Crippen molar-refractivity contribution in [3.05, 3.63) is 83.9 Å². The first kappa shape index (κ1) is 18.9. The van der Waals surface area contributed by atoms with Gasteiger partial charge in [0.25, 0.3) is 0 Å². The highest BCUT2D eigenvalue weighted by atomic mass is 32.2. The van der Waals surface area contributed by atoms with E-state index >= 15 is 0 Å². The van der Waals surface area contributed by atoms with Crippen LogP contribution in [0.15, 0.2) is 77.7 Å². The summed E-state index contributed by atoms with van der Waals surface area (Å²) in [5.41, 5.74) is 1.22. The van der Waals surface area contributed by atoms with Crippen molar-refractivity contribution < 1.29 is 28.9 Å². The lowest BCUT2D eigenvalue weighted by atomic mass is 10.0. The van der Waals surface area contributed by atoms with Crippen LogP contribution in [0, 0.1) is 0 Å². The van der Waals surface area contributed by atoms with Gasteiger partial charge in [-0.2, -0.15) is 0 Å². The van der Waals surface area contributed by atoms with Gasteiger partial charge in [0, 0.05) is 17.2 Å². The fourth-order valence-corrected chi connectivity index (χ4v) is 2.85. The number of methoxy groups -OCH3 is 1. The summed E-state index contributed by atoms with van der Waals surface area (Å²) >= 11 is 0.799. The fourth-order valence-electron chi connectivity index (χ4n) is 2.40. The standard InChI is InChI=1S/C20H16O6S/c1-23-18-13-17(11-12-19(18)27-26-25-22)24-16-9-7-15(8-10-16)20(21)14-5-3-2-4-6-14/h2-13,22H,1H3. The largest absolute Gasteiger partial charge is 0.495 e. The van der Waals surface area contributed by atoms with Crippen molar-refractivity contribution in [2.24, 2.45) is 0 Å². The third-order valence-electron chi connectivity index (χ3n) is 3.68. The summed E-state index contributed by atoms with van der Waals surface area (Å²) in [6.07, 6.45) is 0. The van der Waals surface area contributed by atoms with Gasteiger partial charge in [-0.1, -0.05) is 35.4 Å². The van der Waals surface area contributed by atoms with Crippen LogP contribution in [-0.2, 0) is 9.37 Å². The summed E-state index contributed by atoms with van der Waals surface area (Å²) in [6.45, 7) is 0. The van der Waals surface area contributed by atoms with Crippen LogP contribution >= 0.6 is 12.0 Å². The van der Waals surface area contributed by atoms with E-state index in [1.165, 1.54) is 7.11 Å². The summed E-state index contributed by atoms with van der Waals surface area (Å²) < 4.78 is 15.5. The van der Waals surface area contributed by atoms with Crippen LogP contribution in [0.1, 0.15) is 15.9 Å². The average Bonchev–Trinajstić information content (AvgIpc) is 2.73. The molecule has 3 aromatic carbocycles. The summed E-state index contributed by atoms with van der Waals surface area (Å²) in [4.78, 5) is 13.0. The van der Waals surface area contributed by atoms with Crippen LogP contribution in [-0.4, -0.2) is 18.2 Å². The Bertz CT molecular complexity index is 896. The molecule has 0 bridgehead atoms. The van der Waals surface area contributed by atoms with Gasteiger partial charge < -0.3 is 9.47 Å². The highest BCUT2D eigenvalue weighted by Gasteiger charge is 2.10. The highest BCUT2D eigenvalue weighted by Crippen LogP contribution is 2.34. The van der Waals surface area contributed by atoms with Gasteiger partial charge in [-0.05, 0) is 36.4 Å². The highest BCUT2D eigenvalue weighted by molar-refractivity contribution is 7.94. The Hall–Kier alpha value is -2.84. The zero-order valence-electron chi connectivity index (χ0n) is 14.3. The SMILES string of the molecule is COc1cc(Oc2ccc(C(=O)c3ccccc3)cc2)ccc1SOOO. The maximum atomic E-state index is 12.4. The van der Waals surface area contributed by atoms with Gasteiger partial charge in [0.1, 0.15) is 17.2 Å². The van der Waals surface area contributed by atoms with Crippen LogP contribution in [0.4, 0.5) is 0 Å². The van der Waals surface area contributed by atoms with Gasteiger partial charge in [-0.3, -0.25) is 4.79 Å². The average molecular weight is 384 g/mol. The topological polar surface area (TPSA) is 74.2 Å². The lowest BCUT2D eigenvalue weighted by Gasteiger charge is -2.10. The van der Waals surface area contributed by atoms with Crippen molar-refractivity contribution in [2.45, 2.75) is 4.90 Å². The number of rotatable bonds is 8. The van der Waals surface area contributed by atoms with E-state index in [-0.39, 0.29) is 5.78 Å². The third kappa shape index (κ3) is 4.87. The first-order chi connectivity index (χ1) is 13.2. The molecule has 0 aliphatic carbocycles. The van der Waals surface area contributed by atoms with Crippen molar-refractivity contribution in [1.82, 2.24) is 0 Å². The van der Waals surface area contributed by atoms with Gasteiger partial charge in [0.2, 0.25) is 0 Å². The molecule has 0 aliphatic rings. The van der Waals surface area contributed by atoms with E-state index in [2.05, 4.69) is 9.37 Å². The molecule has 3 rings (SSSR count). The van der Waals surface area contributed by atoms with E-state index in [1.807, 2.05) is 18.2 Å². The fraction of sp³-hybridized carbons (Fsp3) is 0.0500. The molecule has 3 aromatic rings. The molecule has 0 heterocycles. The minimum absolute atomic E-state index is 0.0451. The molecule has 0 unspecified atom stereocenters. The molecule has 1 N–H and O–H groups in total. The Kier molecular flexibility index (Phi) is 6.45. The van der Waals surface area contributed by atoms with Gasteiger partial charge in [-0.25, -0.2) is 5.26 Å². The Morgan fingerprint density at radius 1 is 0.889 bits per heavy atom. The molecular formula is C20H16O6S. The molecule has 0 aromatic heterocycles. The minimum atomic E-state index is -0.0451. The number of ketones is 1. The lowest BCUT2D eigenvalue weighted by Crippen LogP contribution is -2.00. The zero-order valence-corrected chi connectivity index (χ0v) is 15.1. The maximum absolute atomic E-state index is 12.4. The minimum Gasteiger partial charge on any atom is -0.495 e. The van der Waals surface area contributed by atoms with Crippen LogP contribution in [0.3, 0.4) is 0 Å². The van der Waals surface area contributed by atoms with Crippen molar-refractivity contribution in [1.29, 1.82) is 0 Å². The van der Waals surface area contributed by atoms with E-state index in [0.717, 1.165) is 12.0 Å². The number of hydrogen-bond donors (Lipinski definition) is 1. The predicted octanol–water partition coefficient (Wildman–Crippen LogP) is 5.15. The maximum Gasteiger partial charge on any atom is 0.193 e. The summed E-state index contributed by atoms with van der Waals surface area (Å²) in [5.74, 6) is 1.57. The van der Waals surface area contributed by atoms with Crippen molar-refractivity contribution in [3.8, 4) is 17.2 Å². The predicted molar refractivity (Wildman–Crippen MR) is 100 cm³/mol. The van der Waals surface area contributed by atoms with E-state index in [4.69, 9.17) is 14.7 Å². The van der Waals surface area contributed by atoms with Gasteiger partial charge in [0.15, 0.2) is 5.78 Å². The van der Waals surface area contributed by atoms with E-state index in [9.17, 15) is 4.79 Å². The number of carbonyl (C=O) groups excluding carboxylic acids is 1. The van der Waals surface area contributed by atoms with E-state index < -0.39 is 0 Å². The number of benzene rings is 3. The first-order valence-electron chi connectivity index (χ1n) is 7.91. The molecule has 6 nitrogen and oxygen atoms in total. The molecule has 0 spiro atoms. The van der Waals surface area contributed by atoms with Crippen molar-refractivity contribution in [3.63, 3.8) is 0 Å². The Labute approximate surface area is 160 Å². The molecule has 0 fully saturated rings. The Morgan fingerprint density at radius 2 is 1.56 bits per heavy atom. The van der Waals surface area contributed by atoms with E-state index in [1.54, 1.807) is 54.6 Å². The number of hydrogen-bond acceptors (Lipinski definition) is 7. The molecule has 0 atom stereocenters. The van der Waals surface area contributed by atoms with Crippen molar-refractivity contribution in [2.75, 3.05) is 7.11 Å². The quantitative estimate of drug-likeness (QED) is 0.249. The second kappa shape index (κ2) is 9.20.